The number of hydrogen-bond donors (Lipinski definition) is 2. The van der Waals surface area contributed by atoms with Crippen LogP contribution in [0, 0.1) is 5.82 Å². The number of carbonyl (C=O) groups is 3. The van der Waals surface area contributed by atoms with Crippen molar-refractivity contribution < 1.29 is 23.5 Å². The number of anilines is 1. The average Bonchev–Trinajstić information content (AvgIpc) is 3.15. The van der Waals surface area contributed by atoms with Crippen LogP contribution in [0.3, 0.4) is 0 Å². The first-order valence-electron chi connectivity index (χ1n) is 8.14. The molecule has 0 radical (unpaired) electrons. The van der Waals surface area contributed by atoms with Gasteiger partial charge in [0.05, 0.1) is 5.56 Å². The van der Waals surface area contributed by atoms with Crippen LogP contribution in [0.4, 0.5) is 9.39 Å². The van der Waals surface area contributed by atoms with E-state index in [0.29, 0.717) is 21.9 Å². The summed E-state index contributed by atoms with van der Waals surface area (Å²) in [5.74, 6) is -1.34. The van der Waals surface area contributed by atoms with Gasteiger partial charge in [-0.1, -0.05) is 0 Å². The van der Waals surface area contributed by atoms with Gasteiger partial charge in [-0.25, -0.2) is 4.39 Å². The lowest BCUT2D eigenvalue weighted by molar-refractivity contribution is -0.118. The van der Waals surface area contributed by atoms with Gasteiger partial charge in [-0.15, -0.1) is 11.3 Å². The number of nitrogens with two attached hydrogens (primary N) is 1. The molecule has 2 amide bonds. The molecule has 0 aliphatic heterocycles. The Morgan fingerprint density at radius 3 is 2.18 bits per heavy atom. The Labute approximate surface area is 163 Å². The summed E-state index contributed by atoms with van der Waals surface area (Å²) < 4.78 is 18.3. The number of hydrogen-bond acceptors (Lipinski definition) is 5. The normalized spacial score (nSPS) is 10.3. The molecule has 8 heteroatoms. The highest BCUT2D eigenvalue weighted by Crippen LogP contribution is 2.22. The molecular weight excluding hydrogens is 383 g/mol. The van der Waals surface area contributed by atoms with E-state index in [9.17, 15) is 18.8 Å². The van der Waals surface area contributed by atoms with Gasteiger partial charge in [-0.2, -0.15) is 0 Å². The van der Waals surface area contributed by atoms with E-state index in [1.807, 2.05) is 0 Å². The molecule has 1 heterocycles. The second-order valence-corrected chi connectivity index (χ2v) is 6.64. The molecule has 0 saturated carbocycles. The highest BCUT2D eigenvalue weighted by molar-refractivity contribution is 7.14. The number of rotatable bonds is 7. The number of benzene rings is 2. The quantitative estimate of drug-likeness (QED) is 0.597. The van der Waals surface area contributed by atoms with Crippen LogP contribution in [0.15, 0.2) is 60.0 Å². The second kappa shape index (κ2) is 8.45. The molecule has 0 aliphatic rings. The second-order valence-electron chi connectivity index (χ2n) is 5.72. The van der Waals surface area contributed by atoms with Crippen molar-refractivity contribution in [2.45, 2.75) is 0 Å². The maximum atomic E-state index is 13.0. The summed E-state index contributed by atoms with van der Waals surface area (Å²) in [7, 11) is 0. The minimum absolute atomic E-state index is 0.238. The molecule has 2 aromatic carbocycles. The lowest BCUT2D eigenvalue weighted by Gasteiger charge is -2.08. The Morgan fingerprint density at radius 1 is 0.964 bits per heavy atom. The van der Waals surface area contributed by atoms with Crippen LogP contribution >= 0.6 is 11.3 Å². The molecule has 1 aromatic heterocycles. The summed E-state index contributed by atoms with van der Waals surface area (Å²) >= 11 is 1.18. The lowest BCUT2D eigenvalue weighted by atomic mass is 10.0. The van der Waals surface area contributed by atoms with Gasteiger partial charge >= 0.3 is 0 Å². The highest BCUT2D eigenvalue weighted by Gasteiger charge is 2.13. The van der Waals surface area contributed by atoms with E-state index >= 15 is 0 Å². The zero-order valence-electron chi connectivity index (χ0n) is 14.5. The van der Waals surface area contributed by atoms with Gasteiger partial charge in [-0.3, -0.25) is 14.4 Å². The third-order valence-electron chi connectivity index (χ3n) is 3.78. The fourth-order valence-electron chi connectivity index (χ4n) is 2.38. The Morgan fingerprint density at radius 2 is 1.57 bits per heavy atom. The number of carbonyl (C=O) groups excluding carboxylic acids is 3. The van der Waals surface area contributed by atoms with Crippen molar-refractivity contribution in [2.24, 2.45) is 5.73 Å². The lowest BCUT2D eigenvalue weighted by Crippen LogP contribution is -2.21. The largest absolute Gasteiger partial charge is 0.484 e. The first-order chi connectivity index (χ1) is 13.4. The van der Waals surface area contributed by atoms with E-state index in [0.717, 1.165) is 0 Å². The molecule has 28 heavy (non-hydrogen) atoms. The summed E-state index contributed by atoms with van der Waals surface area (Å²) in [6.07, 6.45) is 0. The van der Waals surface area contributed by atoms with Crippen molar-refractivity contribution in [1.29, 1.82) is 0 Å². The van der Waals surface area contributed by atoms with Crippen LogP contribution < -0.4 is 15.8 Å². The van der Waals surface area contributed by atoms with Crippen LogP contribution in [-0.4, -0.2) is 24.2 Å². The number of halogens is 1. The zero-order chi connectivity index (χ0) is 20.1. The molecule has 3 N–H and O–H groups in total. The number of ether oxygens (including phenoxy) is 1. The van der Waals surface area contributed by atoms with Gasteiger partial charge in [-0.05, 0) is 60.0 Å². The number of thiophene rings is 1. The summed E-state index contributed by atoms with van der Waals surface area (Å²) in [5, 5.41) is 4.58. The Kier molecular flexibility index (Phi) is 5.81. The van der Waals surface area contributed by atoms with E-state index in [2.05, 4.69) is 5.32 Å². The molecule has 0 unspecified atom stereocenters. The van der Waals surface area contributed by atoms with E-state index < -0.39 is 17.6 Å². The van der Waals surface area contributed by atoms with Crippen molar-refractivity contribution in [2.75, 3.05) is 11.9 Å². The van der Waals surface area contributed by atoms with Crippen LogP contribution in [0.5, 0.6) is 5.75 Å². The third-order valence-corrected chi connectivity index (χ3v) is 4.61. The van der Waals surface area contributed by atoms with Crippen LogP contribution in [-0.2, 0) is 4.79 Å². The monoisotopic (exact) mass is 398 g/mol. The van der Waals surface area contributed by atoms with Gasteiger partial charge in [0.2, 0.25) is 0 Å². The minimum Gasteiger partial charge on any atom is -0.484 e. The van der Waals surface area contributed by atoms with Crippen molar-refractivity contribution in [3.05, 3.63) is 82.5 Å². The van der Waals surface area contributed by atoms with Crippen LogP contribution in [0.1, 0.15) is 26.3 Å². The van der Waals surface area contributed by atoms with E-state index in [1.54, 1.807) is 29.6 Å². The molecule has 3 aromatic rings. The summed E-state index contributed by atoms with van der Waals surface area (Å²) in [6.45, 7) is -0.276. The number of nitrogens with one attached hydrogen (secondary N) is 1. The van der Waals surface area contributed by atoms with Crippen LogP contribution in [0.2, 0.25) is 0 Å². The molecular formula is C20H15FN2O4S. The Bertz CT molecular complexity index is 1010. The molecule has 0 fully saturated rings. The standard InChI is InChI=1S/C20H15FN2O4S/c21-14-5-1-12(2-6-14)18(25)13-3-7-15(8-4-13)27-11-17(24)23-20-16(19(22)26)9-10-28-20/h1-10H,11H2,(H2,22,26)(H,23,24). The highest BCUT2D eigenvalue weighted by atomic mass is 32.1. The minimum atomic E-state index is -0.626. The van der Waals surface area contributed by atoms with Crippen molar-refractivity contribution in [3.63, 3.8) is 0 Å². The van der Waals surface area contributed by atoms with Crippen molar-refractivity contribution in [3.8, 4) is 5.75 Å². The number of ketones is 1. The molecule has 3 rings (SSSR count). The van der Waals surface area contributed by atoms with Gasteiger partial charge in [0.15, 0.2) is 12.4 Å². The molecule has 0 atom stereocenters. The van der Waals surface area contributed by atoms with E-state index in [1.165, 1.54) is 41.7 Å². The summed E-state index contributed by atoms with van der Waals surface area (Å²) in [6, 6.07) is 13.0. The Hall–Kier alpha value is -3.52. The Balaban J connectivity index is 1.57. The maximum absolute atomic E-state index is 13.0. The predicted octanol–water partition coefficient (Wildman–Crippen LogP) is 3.23. The summed E-state index contributed by atoms with van der Waals surface area (Å²) in [4.78, 5) is 35.6. The average molecular weight is 398 g/mol. The molecule has 0 bridgehead atoms. The SMILES string of the molecule is NC(=O)c1ccsc1NC(=O)COc1ccc(C(=O)c2ccc(F)cc2)cc1. The molecule has 0 aliphatic carbocycles. The van der Waals surface area contributed by atoms with E-state index in [-0.39, 0.29) is 18.0 Å². The van der Waals surface area contributed by atoms with Crippen LogP contribution in [0.25, 0.3) is 0 Å². The van der Waals surface area contributed by atoms with Gasteiger partial charge in [0.25, 0.3) is 11.8 Å². The van der Waals surface area contributed by atoms with Gasteiger partial charge in [0.1, 0.15) is 16.6 Å². The predicted molar refractivity (Wildman–Crippen MR) is 103 cm³/mol. The number of primary amides is 1. The third kappa shape index (κ3) is 4.60. The zero-order valence-corrected chi connectivity index (χ0v) is 15.3. The topological polar surface area (TPSA) is 98.5 Å². The van der Waals surface area contributed by atoms with Crippen molar-refractivity contribution in [1.82, 2.24) is 0 Å². The summed E-state index contributed by atoms with van der Waals surface area (Å²) in [5.41, 5.74) is 6.25. The molecule has 0 spiro atoms. The molecule has 6 nitrogen and oxygen atoms in total. The fourth-order valence-corrected chi connectivity index (χ4v) is 3.19. The first kappa shape index (κ1) is 19.2. The maximum Gasteiger partial charge on any atom is 0.262 e. The van der Waals surface area contributed by atoms with Gasteiger partial charge < -0.3 is 15.8 Å². The van der Waals surface area contributed by atoms with Crippen molar-refractivity contribution >= 4 is 33.9 Å². The first-order valence-corrected chi connectivity index (χ1v) is 9.02. The smallest absolute Gasteiger partial charge is 0.262 e. The van der Waals surface area contributed by atoms with E-state index in [4.69, 9.17) is 10.5 Å². The molecule has 142 valence electrons. The van der Waals surface area contributed by atoms with Gasteiger partial charge in [0, 0.05) is 11.1 Å². The molecule has 0 saturated heterocycles. The fraction of sp³-hybridized carbons (Fsp3) is 0.0500. The number of amides is 2.